The van der Waals surface area contributed by atoms with Crippen molar-refractivity contribution in [2.45, 2.75) is 26.3 Å². The first-order chi connectivity index (χ1) is 11.0. The van der Waals surface area contributed by atoms with Crippen LogP contribution in [0.1, 0.15) is 20.8 Å². The molecule has 0 saturated carbocycles. The highest BCUT2D eigenvalue weighted by atomic mass is 35.5. The summed E-state index contributed by atoms with van der Waals surface area (Å²) >= 11 is 11.7. The van der Waals surface area contributed by atoms with Crippen molar-refractivity contribution in [1.29, 1.82) is 0 Å². The van der Waals surface area contributed by atoms with Gasteiger partial charge in [-0.25, -0.2) is 9.59 Å². The lowest BCUT2D eigenvalue weighted by Crippen LogP contribution is -2.38. The number of carbonyl (C=O) groups is 2. The van der Waals surface area contributed by atoms with Crippen LogP contribution < -0.4 is 10.1 Å². The zero-order chi connectivity index (χ0) is 18.8. The highest BCUT2D eigenvalue weighted by Gasteiger charge is 2.07. The Morgan fingerprint density at radius 2 is 1.54 bits per heavy atom. The molecule has 0 radical (unpaired) electrons. The maximum Gasteiger partial charge on any atom is 0.328 e. The summed E-state index contributed by atoms with van der Waals surface area (Å²) in [6.45, 7) is 7.72. The van der Waals surface area contributed by atoms with Gasteiger partial charge in [0.15, 0.2) is 0 Å². The van der Waals surface area contributed by atoms with Crippen LogP contribution in [0.2, 0.25) is 10.0 Å². The van der Waals surface area contributed by atoms with E-state index in [9.17, 15) is 9.59 Å². The molecule has 1 aromatic rings. The zero-order valence-electron chi connectivity index (χ0n) is 13.7. The molecule has 24 heavy (non-hydrogen) atoms. The van der Waals surface area contributed by atoms with Gasteiger partial charge in [0.2, 0.25) is 0 Å². The minimum absolute atomic E-state index is 0.106. The van der Waals surface area contributed by atoms with Gasteiger partial charge in [-0.2, -0.15) is 0 Å². The third kappa shape index (κ3) is 13.9. The summed E-state index contributed by atoms with van der Waals surface area (Å²) in [7, 11) is 0. The van der Waals surface area contributed by atoms with Crippen LogP contribution in [0.3, 0.4) is 0 Å². The van der Waals surface area contributed by atoms with E-state index < -0.39 is 11.9 Å². The predicted octanol–water partition coefficient (Wildman–Crippen LogP) is 3.47. The summed E-state index contributed by atoms with van der Waals surface area (Å²) in [5.74, 6) is -1.81. The molecule has 3 N–H and O–H groups in total. The molecule has 0 saturated heterocycles. The lowest BCUT2D eigenvalue weighted by molar-refractivity contribution is -0.134. The van der Waals surface area contributed by atoms with Crippen LogP contribution in [0.4, 0.5) is 0 Å². The zero-order valence-corrected chi connectivity index (χ0v) is 15.2. The van der Waals surface area contributed by atoms with Gasteiger partial charge in [-0.1, -0.05) is 23.2 Å². The maximum atomic E-state index is 9.55. The number of halogens is 2. The van der Waals surface area contributed by atoms with Gasteiger partial charge in [0.1, 0.15) is 12.4 Å². The fourth-order valence-electron chi connectivity index (χ4n) is 1.35. The summed E-state index contributed by atoms with van der Waals surface area (Å²) in [4.78, 5) is 19.1. The smallest absolute Gasteiger partial charge is 0.328 e. The molecular formula is C16H21Cl2NO5. The molecule has 0 aliphatic carbocycles. The average Bonchev–Trinajstić information content (AvgIpc) is 2.40. The number of nitrogens with one attached hydrogen (secondary N) is 1. The van der Waals surface area contributed by atoms with Crippen molar-refractivity contribution in [3.05, 3.63) is 40.4 Å². The van der Waals surface area contributed by atoms with E-state index in [0.29, 0.717) is 34.6 Å². The van der Waals surface area contributed by atoms with Gasteiger partial charge in [-0.15, -0.1) is 0 Å². The van der Waals surface area contributed by atoms with E-state index in [2.05, 4.69) is 26.1 Å². The van der Waals surface area contributed by atoms with Crippen molar-refractivity contribution in [2.24, 2.45) is 0 Å². The number of carboxylic acid groups (broad SMARTS) is 2. The van der Waals surface area contributed by atoms with Crippen LogP contribution in [0.5, 0.6) is 5.75 Å². The van der Waals surface area contributed by atoms with Gasteiger partial charge in [0.25, 0.3) is 0 Å². The number of aliphatic carboxylic acids is 2. The second kappa shape index (κ2) is 10.9. The summed E-state index contributed by atoms with van der Waals surface area (Å²) < 4.78 is 5.53. The van der Waals surface area contributed by atoms with Gasteiger partial charge in [0.05, 0.1) is 0 Å². The van der Waals surface area contributed by atoms with Gasteiger partial charge in [-0.05, 0) is 39.0 Å². The van der Waals surface area contributed by atoms with Crippen molar-refractivity contribution in [3.8, 4) is 5.75 Å². The van der Waals surface area contributed by atoms with Gasteiger partial charge in [-0.3, -0.25) is 0 Å². The van der Waals surface area contributed by atoms with Crippen LogP contribution in [0.25, 0.3) is 0 Å². The van der Waals surface area contributed by atoms with Crippen molar-refractivity contribution in [3.63, 3.8) is 0 Å². The summed E-state index contributed by atoms with van der Waals surface area (Å²) in [6.07, 6.45) is 1.12. The Bertz CT molecular complexity index is 546. The fourth-order valence-corrected chi connectivity index (χ4v) is 1.86. The lowest BCUT2D eigenvalue weighted by atomic mass is 10.1. The Kier molecular flexibility index (Phi) is 10.1. The van der Waals surface area contributed by atoms with Crippen molar-refractivity contribution in [1.82, 2.24) is 5.32 Å². The Hall–Kier alpha value is -1.76. The van der Waals surface area contributed by atoms with E-state index >= 15 is 0 Å². The molecule has 1 aromatic carbocycles. The van der Waals surface area contributed by atoms with Crippen LogP contribution in [0, 0.1) is 0 Å². The van der Waals surface area contributed by atoms with E-state index in [1.165, 1.54) is 0 Å². The second-order valence-corrected chi connectivity index (χ2v) is 6.51. The van der Waals surface area contributed by atoms with Crippen LogP contribution >= 0.6 is 23.2 Å². The molecule has 0 unspecified atom stereocenters. The van der Waals surface area contributed by atoms with E-state index in [4.69, 9.17) is 38.2 Å². The Morgan fingerprint density at radius 3 is 1.92 bits per heavy atom. The molecule has 1 rings (SSSR count). The van der Waals surface area contributed by atoms with Gasteiger partial charge in [0, 0.05) is 34.3 Å². The minimum atomic E-state index is -1.26. The van der Waals surface area contributed by atoms with E-state index in [-0.39, 0.29) is 5.54 Å². The third-order valence-electron chi connectivity index (χ3n) is 2.23. The fraction of sp³-hybridized carbons (Fsp3) is 0.375. The Morgan fingerprint density at radius 1 is 1.08 bits per heavy atom. The normalized spacial score (nSPS) is 10.9. The van der Waals surface area contributed by atoms with Crippen LogP contribution in [-0.4, -0.2) is 40.8 Å². The molecule has 134 valence electrons. The highest BCUT2D eigenvalue weighted by Crippen LogP contribution is 2.23. The predicted molar refractivity (Wildman–Crippen MR) is 94.1 cm³/mol. The number of carboxylic acids is 2. The second-order valence-electron chi connectivity index (χ2n) is 5.64. The number of rotatable bonds is 6. The number of benzene rings is 1. The molecule has 0 fully saturated rings. The minimum Gasteiger partial charge on any atom is -0.492 e. The summed E-state index contributed by atoms with van der Waals surface area (Å²) in [5.41, 5.74) is 0.106. The summed E-state index contributed by atoms with van der Waals surface area (Å²) in [5, 5.41) is 20.1. The SMILES string of the molecule is CC(C)(C)NCCOc1cc(Cl)cc(Cl)c1.O=C(O)C=CC(=O)O. The molecule has 8 heteroatoms. The van der Waals surface area contributed by atoms with E-state index in [1.54, 1.807) is 18.2 Å². The molecule has 6 nitrogen and oxygen atoms in total. The topological polar surface area (TPSA) is 95.9 Å². The van der Waals surface area contributed by atoms with Crippen molar-refractivity contribution < 1.29 is 24.5 Å². The first-order valence-corrected chi connectivity index (χ1v) is 7.73. The van der Waals surface area contributed by atoms with Gasteiger partial charge < -0.3 is 20.3 Å². The molecule has 0 aliphatic heterocycles. The average molecular weight is 378 g/mol. The molecule has 0 spiro atoms. The Balaban J connectivity index is 0.000000561. The molecule has 0 bridgehead atoms. The molecule has 0 heterocycles. The maximum absolute atomic E-state index is 9.55. The third-order valence-corrected chi connectivity index (χ3v) is 2.67. The van der Waals surface area contributed by atoms with Crippen molar-refractivity contribution in [2.75, 3.05) is 13.2 Å². The van der Waals surface area contributed by atoms with Gasteiger partial charge >= 0.3 is 11.9 Å². The highest BCUT2D eigenvalue weighted by molar-refractivity contribution is 6.34. The van der Waals surface area contributed by atoms with Crippen molar-refractivity contribution >= 4 is 35.1 Å². The van der Waals surface area contributed by atoms with E-state index in [1.807, 2.05) is 0 Å². The van der Waals surface area contributed by atoms with Crippen LogP contribution in [-0.2, 0) is 9.59 Å². The van der Waals surface area contributed by atoms with E-state index in [0.717, 1.165) is 6.54 Å². The molecule has 0 atom stereocenters. The quantitative estimate of drug-likeness (QED) is 0.518. The lowest BCUT2D eigenvalue weighted by Gasteiger charge is -2.20. The first kappa shape index (κ1) is 22.2. The number of hydrogen-bond acceptors (Lipinski definition) is 4. The molecule has 0 aromatic heterocycles. The number of ether oxygens (including phenoxy) is 1. The molecular weight excluding hydrogens is 357 g/mol. The summed E-state index contributed by atoms with van der Waals surface area (Å²) in [6, 6.07) is 5.19. The molecule has 0 amide bonds. The number of hydrogen-bond donors (Lipinski definition) is 3. The monoisotopic (exact) mass is 377 g/mol. The Labute approximate surface area is 151 Å². The molecule has 0 aliphatic rings. The first-order valence-electron chi connectivity index (χ1n) is 6.97. The largest absolute Gasteiger partial charge is 0.492 e. The van der Waals surface area contributed by atoms with Crippen LogP contribution in [0.15, 0.2) is 30.4 Å². The standard InChI is InChI=1S/C12H17Cl2NO.C4H4O4/c1-12(2,3)15-4-5-16-11-7-9(13)6-10(14)8-11;5-3(6)1-2-4(7)8/h6-8,15H,4-5H2,1-3H3;1-2H,(H,5,6)(H,7,8).